The number of hydrogen-bond acceptors (Lipinski definition) is 5. The standard InChI is InChI=1S/C24H25NO4/c1-6-13-28-21-15-16(7-12-20(21)27-5)14-19-23(26)29-22(25-19)17-8-10-18(11-9-17)24(2,3)4/h6-12,14-15H,1,13H2,2-5H3. The summed E-state index contributed by atoms with van der Waals surface area (Å²) in [5.74, 6) is 0.990. The predicted molar refractivity (Wildman–Crippen MR) is 114 cm³/mol. The lowest BCUT2D eigenvalue weighted by Gasteiger charge is -2.18. The molecule has 5 heteroatoms. The van der Waals surface area contributed by atoms with Crippen LogP contribution in [0, 0.1) is 0 Å². The van der Waals surface area contributed by atoms with Crippen molar-refractivity contribution >= 4 is 17.9 Å². The van der Waals surface area contributed by atoms with Crippen LogP contribution in [0.4, 0.5) is 0 Å². The second kappa shape index (κ2) is 8.35. The highest BCUT2D eigenvalue weighted by molar-refractivity contribution is 6.12. The molecule has 0 radical (unpaired) electrons. The molecule has 1 aliphatic heterocycles. The van der Waals surface area contributed by atoms with Crippen molar-refractivity contribution in [2.24, 2.45) is 4.99 Å². The van der Waals surface area contributed by atoms with Crippen LogP contribution in [0.5, 0.6) is 11.5 Å². The fraction of sp³-hybridized carbons (Fsp3) is 0.250. The van der Waals surface area contributed by atoms with E-state index in [4.69, 9.17) is 14.2 Å². The molecule has 29 heavy (non-hydrogen) atoms. The maximum atomic E-state index is 12.3. The van der Waals surface area contributed by atoms with Crippen molar-refractivity contribution in [3.8, 4) is 11.5 Å². The third-order valence-electron chi connectivity index (χ3n) is 4.47. The molecule has 0 bridgehead atoms. The number of cyclic esters (lactones) is 1. The summed E-state index contributed by atoms with van der Waals surface area (Å²) in [5, 5.41) is 0. The number of esters is 1. The zero-order valence-corrected chi connectivity index (χ0v) is 17.2. The van der Waals surface area contributed by atoms with Gasteiger partial charge in [-0.25, -0.2) is 9.79 Å². The van der Waals surface area contributed by atoms with Gasteiger partial charge < -0.3 is 14.2 Å². The molecule has 1 aliphatic rings. The van der Waals surface area contributed by atoms with E-state index in [0.717, 1.165) is 11.1 Å². The highest BCUT2D eigenvalue weighted by Gasteiger charge is 2.24. The highest BCUT2D eigenvalue weighted by atomic mass is 16.6. The zero-order valence-electron chi connectivity index (χ0n) is 17.2. The van der Waals surface area contributed by atoms with Gasteiger partial charge >= 0.3 is 5.97 Å². The molecule has 2 aromatic rings. The largest absolute Gasteiger partial charge is 0.493 e. The van der Waals surface area contributed by atoms with E-state index in [-0.39, 0.29) is 11.1 Å². The molecule has 0 N–H and O–H groups in total. The Morgan fingerprint density at radius 3 is 2.45 bits per heavy atom. The number of carbonyl (C=O) groups is 1. The van der Waals surface area contributed by atoms with Crippen molar-refractivity contribution in [2.75, 3.05) is 13.7 Å². The lowest BCUT2D eigenvalue weighted by Crippen LogP contribution is -2.11. The number of ether oxygens (including phenoxy) is 3. The summed E-state index contributed by atoms with van der Waals surface area (Å²) in [6.07, 6.45) is 3.32. The summed E-state index contributed by atoms with van der Waals surface area (Å²) in [6.45, 7) is 10.5. The van der Waals surface area contributed by atoms with Gasteiger partial charge in [0.25, 0.3) is 0 Å². The highest BCUT2D eigenvalue weighted by Crippen LogP contribution is 2.30. The molecule has 1 heterocycles. The topological polar surface area (TPSA) is 57.1 Å². The van der Waals surface area contributed by atoms with Crippen molar-refractivity contribution in [1.82, 2.24) is 0 Å². The summed E-state index contributed by atoms with van der Waals surface area (Å²) < 4.78 is 16.3. The molecule has 0 aromatic heterocycles. The first-order valence-electron chi connectivity index (χ1n) is 9.37. The zero-order chi connectivity index (χ0) is 21.0. The molecule has 0 spiro atoms. The fourth-order valence-electron chi connectivity index (χ4n) is 2.85. The summed E-state index contributed by atoms with van der Waals surface area (Å²) in [4.78, 5) is 16.7. The SMILES string of the molecule is C=CCOc1cc(C=C2N=C(c3ccc(C(C)(C)C)cc3)OC2=O)ccc1OC. The summed E-state index contributed by atoms with van der Waals surface area (Å²) in [6, 6.07) is 13.3. The van der Waals surface area contributed by atoms with Gasteiger partial charge in [-0.1, -0.05) is 51.6 Å². The van der Waals surface area contributed by atoms with Crippen molar-refractivity contribution in [1.29, 1.82) is 0 Å². The third-order valence-corrected chi connectivity index (χ3v) is 4.47. The first-order valence-corrected chi connectivity index (χ1v) is 9.37. The van der Waals surface area contributed by atoms with E-state index in [0.29, 0.717) is 24.0 Å². The molecule has 2 aromatic carbocycles. The average molecular weight is 391 g/mol. The second-order valence-electron chi connectivity index (χ2n) is 7.67. The van der Waals surface area contributed by atoms with Crippen molar-refractivity contribution in [3.05, 3.63) is 77.5 Å². The minimum absolute atomic E-state index is 0.0531. The molecule has 0 unspecified atom stereocenters. The number of methoxy groups -OCH3 is 1. The first kappa shape index (κ1) is 20.4. The van der Waals surface area contributed by atoms with E-state index in [9.17, 15) is 4.79 Å². The monoisotopic (exact) mass is 391 g/mol. The number of hydrogen-bond donors (Lipinski definition) is 0. The van der Waals surface area contributed by atoms with E-state index >= 15 is 0 Å². The molecule has 0 fully saturated rings. The number of rotatable bonds is 6. The molecule has 0 saturated carbocycles. The molecule has 0 amide bonds. The molecule has 0 atom stereocenters. The predicted octanol–water partition coefficient (Wildman–Crippen LogP) is 4.90. The van der Waals surface area contributed by atoms with Crippen molar-refractivity contribution in [3.63, 3.8) is 0 Å². The Balaban J connectivity index is 1.87. The Morgan fingerprint density at radius 2 is 1.83 bits per heavy atom. The minimum Gasteiger partial charge on any atom is -0.493 e. The summed E-state index contributed by atoms with van der Waals surface area (Å²) >= 11 is 0. The summed E-state index contributed by atoms with van der Waals surface area (Å²) in [7, 11) is 1.57. The van der Waals surface area contributed by atoms with Crippen LogP contribution in [-0.4, -0.2) is 25.6 Å². The van der Waals surface area contributed by atoms with Gasteiger partial charge in [0.05, 0.1) is 7.11 Å². The van der Waals surface area contributed by atoms with Crippen LogP contribution < -0.4 is 9.47 Å². The van der Waals surface area contributed by atoms with E-state index in [1.165, 1.54) is 5.56 Å². The van der Waals surface area contributed by atoms with Crippen LogP contribution in [0.15, 0.2) is 65.8 Å². The van der Waals surface area contributed by atoms with Gasteiger partial charge in [-0.15, -0.1) is 0 Å². The smallest absolute Gasteiger partial charge is 0.363 e. The van der Waals surface area contributed by atoms with Gasteiger partial charge in [0.1, 0.15) is 6.61 Å². The van der Waals surface area contributed by atoms with Gasteiger partial charge in [-0.2, -0.15) is 0 Å². The van der Waals surface area contributed by atoms with E-state index in [1.807, 2.05) is 30.3 Å². The van der Waals surface area contributed by atoms with Gasteiger partial charge in [0.15, 0.2) is 17.2 Å². The van der Waals surface area contributed by atoms with Gasteiger partial charge in [0.2, 0.25) is 5.90 Å². The number of benzene rings is 2. The van der Waals surface area contributed by atoms with Crippen LogP contribution in [-0.2, 0) is 14.9 Å². The second-order valence-corrected chi connectivity index (χ2v) is 7.67. The third kappa shape index (κ3) is 4.74. The lowest BCUT2D eigenvalue weighted by molar-refractivity contribution is -0.129. The lowest BCUT2D eigenvalue weighted by atomic mass is 9.87. The molecule has 150 valence electrons. The van der Waals surface area contributed by atoms with E-state index < -0.39 is 5.97 Å². The number of nitrogens with zero attached hydrogens (tertiary/aromatic N) is 1. The average Bonchev–Trinajstić information content (AvgIpc) is 3.06. The van der Waals surface area contributed by atoms with E-state index in [1.54, 1.807) is 31.4 Å². The van der Waals surface area contributed by atoms with Crippen LogP contribution in [0.25, 0.3) is 6.08 Å². The maximum Gasteiger partial charge on any atom is 0.363 e. The minimum atomic E-state index is -0.482. The Morgan fingerprint density at radius 1 is 1.10 bits per heavy atom. The molecule has 5 nitrogen and oxygen atoms in total. The fourth-order valence-corrected chi connectivity index (χ4v) is 2.85. The number of carbonyl (C=O) groups excluding carboxylic acids is 1. The van der Waals surface area contributed by atoms with Gasteiger partial charge in [-0.3, -0.25) is 0 Å². The molecule has 3 rings (SSSR count). The maximum absolute atomic E-state index is 12.3. The molecule has 0 saturated heterocycles. The van der Waals surface area contributed by atoms with Crippen molar-refractivity contribution in [2.45, 2.75) is 26.2 Å². The van der Waals surface area contributed by atoms with Crippen LogP contribution in [0.3, 0.4) is 0 Å². The van der Waals surface area contributed by atoms with Crippen molar-refractivity contribution < 1.29 is 19.0 Å². The van der Waals surface area contributed by atoms with Gasteiger partial charge in [0, 0.05) is 5.56 Å². The molecular formula is C24H25NO4. The van der Waals surface area contributed by atoms with Crippen LogP contribution in [0.2, 0.25) is 0 Å². The normalized spacial score (nSPS) is 15.1. The molecule has 0 aliphatic carbocycles. The first-order chi connectivity index (χ1) is 13.8. The van der Waals surface area contributed by atoms with E-state index in [2.05, 4.69) is 32.3 Å². The van der Waals surface area contributed by atoms with Crippen LogP contribution in [0.1, 0.15) is 37.5 Å². The molecular weight excluding hydrogens is 366 g/mol. The Bertz CT molecular complexity index is 979. The van der Waals surface area contributed by atoms with Crippen LogP contribution >= 0.6 is 0 Å². The number of aliphatic imine (C=N–C) groups is 1. The summed E-state index contributed by atoms with van der Waals surface area (Å²) in [5.41, 5.74) is 3.01. The van der Waals surface area contributed by atoms with Gasteiger partial charge in [-0.05, 0) is 46.9 Å². The Hall–Kier alpha value is -3.34. The Labute approximate surface area is 171 Å². The quantitative estimate of drug-likeness (QED) is 0.399. The Kier molecular flexibility index (Phi) is 5.87.